The molecular formula is C10H22N2. The quantitative estimate of drug-likeness (QED) is 0.687. The Hall–Kier alpha value is -0.0800. The first-order chi connectivity index (χ1) is 5.83. The molecule has 0 amide bonds. The summed E-state index contributed by atoms with van der Waals surface area (Å²) in [5.41, 5.74) is 0. The molecule has 1 aliphatic heterocycles. The molecule has 72 valence electrons. The highest BCUT2D eigenvalue weighted by Crippen LogP contribution is 2.15. The SMILES string of the molecule is CNCCN1CCC[C@H](C)CC1. The fraction of sp³-hybridized carbons (Fsp3) is 1.00. The highest BCUT2D eigenvalue weighted by atomic mass is 15.1. The Labute approximate surface area is 76.3 Å². The Morgan fingerprint density at radius 3 is 2.92 bits per heavy atom. The van der Waals surface area contributed by atoms with Crippen molar-refractivity contribution >= 4 is 0 Å². The number of nitrogens with zero attached hydrogens (tertiary/aromatic N) is 1. The third-order valence-corrected chi connectivity index (χ3v) is 2.79. The molecule has 0 unspecified atom stereocenters. The first-order valence-electron chi connectivity index (χ1n) is 5.20. The number of likely N-dealkylation sites (N-methyl/N-ethyl adjacent to an activating group) is 1. The van der Waals surface area contributed by atoms with Crippen molar-refractivity contribution in [1.82, 2.24) is 10.2 Å². The largest absolute Gasteiger partial charge is 0.318 e. The van der Waals surface area contributed by atoms with E-state index in [4.69, 9.17) is 0 Å². The Kier molecular flexibility index (Phi) is 4.62. The fourth-order valence-corrected chi connectivity index (χ4v) is 1.82. The van der Waals surface area contributed by atoms with Crippen molar-refractivity contribution in [2.45, 2.75) is 26.2 Å². The molecule has 2 heteroatoms. The van der Waals surface area contributed by atoms with Gasteiger partial charge in [0.25, 0.3) is 0 Å². The molecule has 0 aromatic rings. The van der Waals surface area contributed by atoms with Gasteiger partial charge >= 0.3 is 0 Å². The first-order valence-corrected chi connectivity index (χ1v) is 5.20. The van der Waals surface area contributed by atoms with Gasteiger partial charge in [0.1, 0.15) is 0 Å². The van der Waals surface area contributed by atoms with Crippen LogP contribution in [0.1, 0.15) is 26.2 Å². The van der Waals surface area contributed by atoms with E-state index in [9.17, 15) is 0 Å². The average Bonchev–Trinajstić information content (AvgIpc) is 2.27. The molecule has 0 aliphatic carbocycles. The minimum atomic E-state index is 0.949. The first kappa shape index (κ1) is 10.0. The number of rotatable bonds is 3. The zero-order chi connectivity index (χ0) is 8.81. The molecule has 0 bridgehead atoms. The van der Waals surface area contributed by atoms with Gasteiger partial charge in [-0.05, 0) is 45.3 Å². The summed E-state index contributed by atoms with van der Waals surface area (Å²) in [7, 11) is 2.03. The van der Waals surface area contributed by atoms with Crippen molar-refractivity contribution in [2.75, 3.05) is 33.2 Å². The molecule has 1 heterocycles. The van der Waals surface area contributed by atoms with Crippen LogP contribution in [0.5, 0.6) is 0 Å². The van der Waals surface area contributed by atoms with Gasteiger partial charge in [0, 0.05) is 13.1 Å². The van der Waals surface area contributed by atoms with E-state index in [-0.39, 0.29) is 0 Å². The standard InChI is InChI=1S/C10H22N2/c1-10-4-3-7-12(8-5-10)9-6-11-2/h10-11H,3-9H2,1-2H3/t10-/m0/s1. The molecule has 0 radical (unpaired) electrons. The summed E-state index contributed by atoms with van der Waals surface area (Å²) < 4.78 is 0. The highest BCUT2D eigenvalue weighted by molar-refractivity contribution is 4.67. The van der Waals surface area contributed by atoms with E-state index in [2.05, 4.69) is 17.1 Å². The number of nitrogens with one attached hydrogen (secondary N) is 1. The van der Waals surface area contributed by atoms with E-state index in [0.717, 1.165) is 12.5 Å². The van der Waals surface area contributed by atoms with Gasteiger partial charge < -0.3 is 10.2 Å². The van der Waals surface area contributed by atoms with Crippen LogP contribution in [0, 0.1) is 5.92 Å². The van der Waals surface area contributed by atoms with Gasteiger partial charge in [-0.3, -0.25) is 0 Å². The molecule has 1 rings (SSSR count). The third kappa shape index (κ3) is 3.55. The van der Waals surface area contributed by atoms with Crippen molar-refractivity contribution in [3.05, 3.63) is 0 Å². The Morgan fingerprint density at radius 1 is 1.33 bits per heavy atom. The second-order valence-electron chi connectivity index (χ2n) is 3.98. The molecule has 1 atom stereocenters. The lowest BCUT2D eigenvalue weighted by Gasteiger charge is -2.19. The normalized spacial score (nSPS) is 27.0. The molecule has 12 heavy (non-hydrogen) atoms. The van der Waals surface area contributed by atoms with Crippen LogP contribution < -0.4 is 5.32 Å². The van der Waals surface area contributed by atoms with Gasteiger partial charge in [-0.25, -0.2) is 0 Å². The van der Waals surface area contributed by atoms with Crippen LogP contribution in [0.15, 0.2) is 0 Å². The predicted molar refractivity (Wildman–Crippen MR) is 53.4 cm³/mol. The van der Waals surface area contributed by atoms with Crippen molar-refractivity contribution in [2.24, 2.45) is 5.92 Å². The van der Waals surface area contributed by atoms with E-state index in [1.165, 1.54) is 38.9 Å². The second-order valence-corrected chi connectivity index (χ2v) is 3.98. The Morgan fingerprint density at radius 2 is 2.17 bits per heavy atom. The molecule has 0 aromatic carbocycles. The van der Waals surface area contributed by atoms with Crippen LogP contribution in [0.4, 0.5) is 0 Å². The lowest BCUT2D eigenvalue weighted by molar-refractivity contribution is 0.283. The predicted octanol–water partition coefficient (Wildman–Crippen LogP) is 1.33. The summed E-state index contributed by atoms with van der Waals surface area (Å²) in [5.74, 6) is 0.949. The lowest BCUT2D eigenvalue weighted by Crippen LogP contribution is -2.31. The maximum Gasteiger partial charge on any atom is 0.0107 e. The average molecular weight is 170 g/mol. The van der Waals surface area contributed by atoms with Gasteiger partial charge in [0.05, 0.1) is 0 Å². The molecule has 0 spiro atoms. The van der Waals surface area contributed by atoms with E-state index in [0.29, 0.717) is 0 Å². The fourth-order valence-electron chi connectivity index (χ4n) is 1.82. The van der Waals surface area contributed by atoms with Crippen LogP contribution in [0.3, 0.4) is 0 Å². The highest BCUT2D eigenvalue weighted by Gasteiger charge is 2.12. The van der Waals surface area contributed by atoms with Crippen LogP contribution in [0.25, 0.3) is 0 Å². The van der Waals surface area contributed by atoms with Crippen LogP contribution >= 0.6 is 0 Å². The monoisotopic (exact) mass is 170 g/mol. The molecule has 1 N–H and O–H groups in total. The molecular weight excluding hydrogens is 148 g/mol. The molecule has 2 nitrogen and oxygen atoms in total. The van der Waals surface area contributed by atoms with E-state index >= 15 is 0 Å². The van der Waals surface area contributed by atoms with Crippen molar-refractivity contribution in [3.8, 4) is 0 Å². The second kappa shape index (κ2) is 5.55. The van der Waals surface area contributed by atoms with Crippen LogP contribution in [0.2, 0.25) is 0 Å². The minimum absolute atomic E-state index is 0.949. The number of likely N-dealkylation sites (tertiary alicyclic amines) is 1. The van der Waals surface area contributed by atoms with E-state index < -0.39 is 0 Å². The molecule has 1 fully saturated rings. The lowest BCUT2D eigenvalue weighted by atomic mass is 10.0. The number of hydrogen-bond donors (Lipinski definition) is 1. The third-order valence-electron chi connectivity index (χ3n) is 2.79. The van der Waals surface area contributed by atoms with Gasteiger partial charge in [0.2, 0.25) is 0 Å². The van der Waals surface area contributed by atoms with E-state index in [1.807, 2.05) is 7.05 Å². The summed E-state index contributed by atoms with van der Waals surface area (Å²) in [6.07, 6.45) is 4.21. The maximum absolute atomic E-state index is 3.20. The molecule has 1 aliphatic rings. The summed E-state index contributed by atoms with van der Waals surface area (Å²) >= 11 is 0. The maximum atomic E-state index is 3.20. The van der Waals surface area contributed by atoms with Gasteiger partial charge in [-0.2, -0.15) is 0 Å². The number of hydrogen-bond acceptors (Lipinski definition) is 2. The Balaban J connectivity index is 2.17. The summed E-state index contributed by atoms with van der Waals surface area (Å²) in [4.78, 5) is 2.58. The van der Waals surface area contributed by atoms with E-state index in [1.54, 1.807) is 0 Å². The summed E-state index contributed by atoms with van der Waals surface area (Å²) in [6, 6.07) is 0. The Bertz CT molecular complexity index is 112. The molecule has 0 aromatic heterocycles. The smallest absolute Gasteiger partial charge is 0.0107 e. The van der Waals surface area contributed by atoms with Crippen LogP contribution in [-0.2, 0) is 0 Å². The van der Waals surface area contributed by atoms with Crippen molar-refractivity contribution in [3.63, 3.8) is 0 Å². The summed E-state index contributed by atoms with van der Waals surface area (Å²) in [6.45, 7) is 7.36. The molecule has 0 saturated carbocycles. The van der Waals surface area contributed by atoms with Crippen molar-refractivity contribution in [1.29, 1.82) is 0 Å². The van der Waals surface area contributed by atoms with Gasteiger partial charge in [-0.15, -0.1) is 0 Å². The molecule has 1 saturated heterocycles. The van der Waals surface area contributed by atoms with Crippen molar-refractivity contribution < 1.29 is 0 Å². The summed E-state index contributed by atoms with van der Waals surface area (Å²) in [5, 5.41) is 3.20. The van der Waals surface area contributed by atoms with Crippen LogP contribution in [-0.4, -0.2) is 38.1 Å². The van der Waals surface area contributed by atoms with Gasteiger partial charge in [0.15, 0.2) is 0 Å². The zero-order valence-electron chi connectivity index (χ0n) is 8.47. The minimum Gasteiger partial charge on any atom is -0.318 e. The topological polar surface area (TPSA) is 15.3 Å². The zero-order valence-corrected chi connectivity index (χ0v) is 8.47. The van der Waals surface area contributed by atoms with Gasteiger partial charge in [-0.1, -0.05) is 6.92 Å².